The number of hydrogen-bond donors (Lipinski definition) is 1. The van der Waals surface area contributed by atoms with E-state index < -0.39 is 0 Å². The van der Waals surface area contributed by atoms with Gasteiger partial charge in [0.25, 0.3) is 0 Å². The van der Waals surface area contributed by atoms with Gasteiger partial charge in [-0.25, -0.2) is 0 Å². The first-order chi connectivity index (χ1) is 16.1. The molecule has 0 unspecified atom stereocenters. The number of nitrogens with one attached hydrogen (secondary N) is 1. The Morgan fingerprint density at radius 2 is 1.73 bits per heavy atom. The Kier molecular flexibility index (Phi) is 5.78. The van der Waals surface area contributed by atoms with Crippen LogP contribution in [-0.2, 0) is 11.3 Å². The summed E-state index contributed by atoms with van der Waals surface area (Å²) >= 11 is 0. The van der Waals surface area contributed by atoms with Crippen LogP contribution in [0.25, 0.3) is 10.9 Å². The zero-order valence-corrected chi connectivity index (χ0v) is 19.0. The number of nitrogens with zero attached hydrogens (tertiary/aromatic N) is 1. The molecule has 1 N–H and O–H groups in total. The predicted octanol–water partition coefficient (Wildman–Crippen LogP) is 5.79. The highest BCUT2D eigenvalue weighted by Crippen LogP contribution is 2.40. The summed E-state index contributed by atoms with van der Waals surface area (Å²) in [5.74, 6) is 1.38. The Hall–Kier alpha value is -3.73. The third-order valence-corrected chi connectivity index (χ3v) is 6.40. The van der Waals surface area contributed by atoms with Crippen LogP contribution in [-0.4, -0.2) is 17.3 Å². The molecule has 1 aliphatic rings. The maximum atomic E-state index is 13.3. The normalized spacial score (nSPS) is 14.2. The van der Waals surface area contributed by atoms with E-state index in [9.17, 15) is 4.79 Å². The van der Waals surface area contributed by atoms with Gasteiger partial charge in [-0.2, -0.15) is 0 Å². The van der Waals surface area contributed by atoms with Crippen LogP contribution in [0.5, 0.6) is 11.5 Å². The van der Waals surface area contributed by atoms with E-state index in [1.54, 1.807) is 0 Å². The minimum absolute atomic E-state index is 0.0161. The van der Waals surface area contributed by atoms with Crippen LogP contribution < -0.4 is 14.8 Å². The third kappa shape index (κ3) is 4.19. The van der Waals surface area contributed by atoms with Gasteiger partial charge in [0.1, 0.15) is 0 Å². The molecule has 0 bridgehead atoms. The molecule has 4 aromatic rings. The Labute approximate surface area is 193 Å². The van der Waals surface area contributed by atoms with E-state index in [2.05, 4.69) is 47.3 Å². The second kappa shape index (κ2) is 9.02. The average molecular weight is 441 g/mol. The van der Waals surface area contributed by atoms with Crippen LogP contribution in [0.3, 0.4) is 0 Å². The van der Waals surface area contributed by atoms with Crippen LogP contribution in [0, 0.1) is 0 Å². The topological polar surface area (TPSA) is 52.5 Å². The maximum Gasteiger partial charge on any atom is 0.231 e. The molecule has 33 heavy (non-hydrogen) atoms. The van der Waals surface area contributed by atoms with Crippen LogP contribution in [0.2, 0.25) is 0 Å². The fourth-order valence-corrected chi connectivity index (χ4v) is 4.66. The average Bonchev–Trinajstić information content (AvgIpc) is 3.47. The SMILES string of the molecule is CCn1cc([C@@H](CC(=O)N[C@H](C)c2ccccc2)c2ccc3c(c2)OCO3)c2ccccc21. The molecular formula is C28H28N2O3. The Morgan fingerprint density at radius 1 is 0.970 bits per heavy atom. The molecule has 2 atom stereocenters. The molecule has 5 rings (SSSR count). The molecule has 0 radical (unpaired) electrons. The number of carbonyl (C=O) groups excluding carboxylic acids is 1. The standard InChI is InChI=1S/C28H28N2O3/c1-3-30-17-24(22-11-7-8-12-25(22)30)23(21-13-14-26-27(15-21)33-18-32-26)16-28(31)29-19(2)20-9-5-4-6-10-20/h4-15,17,19,23H,3,16,18H2,1-2H3,(H,29,31)/t19-,23+/m1/s1. The first-order valence-electron chi connectivity index (χ1n) is 11.5. The van der Waals surface area contributed by atoms with Crippen molar-refractivity contribution in [1.29, 1.82) is 0 Å². The quantitative estimate of drug-likeness (QED) is 0.396. The highest BCUT2D eigenvalue weighted by atomic mass is 16.7. The van der Waals surface area contributed by atoms with E-state index in [1.807, 2.05) is 55.5 Å². The highest BCUT2D eigenvalue weighted by Gasteiger charge is 2.25. The van der Waals surface area contributed by atoms with Gasteiger partial charge in [-0.3, -0.25) is 4.79 Å². The van der Waals surface area contributed by atoms with E-state index in [-0.39, 0.29) is 24.7 Å². The zero-order chi connectivity index (χ0) is 22.8. The highest BCUT2D eigenvalue weighted by molar-refractivity contribution is 5.87. The molecule has 5 heteroatoms. The number of para-hydroxylation sites is 1. The number of aryl methyl sites for hydroxylation is 1. The number of ether oxygens (including phenoxy) is 2. The van der Waals surface area contributed by atoms with Gasteiger partial charge in [0.05, 0.1) is 6.04 Å². The molecule has 0 fully saturated rings. The number of carbonyl (C=O) groups is 1. The van der Waals surface area contributed by atoms with Crippen LogP contribution in [0.1, 0.15) is 48.9 Å². The number of amides is 1. The van der Waals surface area contributed by atoms with E-state index >= 15 is 0 Å². The van der Waals surface area contributed by atoms with Gasteiger partial charge in [-0.1, -0.05) is 54.6 Å². The van der Waals surface area contributed by atoms with E-state index in [0.717, 1.165) is 34.7 Å². The van der Waals surface area contributed by atoms with E-state index in [4.69, 9.17) is 9.47 Å². The molecule has 0 aliphatic carbocycles. The minimum atomic E-state index is -0.111. The Bertz CT molecular complexity index is 1280. The molecule has 0 saturated carbocycles. The largest absolute Gasteiger partial charge is 0.454 e. The molecule has 1 aromatic heterocycles. The summed E-state index contributed by atoms with van der Waals surface area (Å²) in [6, 6.07) is 24.4. The van der Waals surface area contributed by atoms with Gasteiger partial charge in [0.2, 0.25) is 12.7 Å². The van der Waals surface area contributed by atoms with Crippen molar-refractivity contribution in [2.45, 2.75) is 38.8 Å². The van der Waals surface area contributed by atoms with Crippen molar-refractivity contribution in [2.75, 3.05) is 6.79 Å². The second-order valence-corrected chi connectivity index (χ2v) is 8.46. The summed E-state index contributed by atoms with van der Waals surface area (Å²) in [7, 11) is 0. The van der Waals surface area contributed by atoms with Crippen molar-refractivity contribution in [1.82, 2.24) is 9.88 Å². The second-order valence-electron chi connectivity index (χ2n) is 8.46. The fraction of sp³-hybridized carbons (Fsp3) is 0.250. The molecule has 168 valence electrons. The smallest absolute Gasteiger partial charge is 0.231 e. The Balaban J connectivity index is 1.51. The van der Waals surface area contributed by atoms with E-state index in [1.165, 1.54) is 10.9 Å². The summed E-state index contributed by atoms with van der Waals surface area (Å²) in [6.07, 6.45) is 2.53. The number of aromatic nitrogens is 1. The fourth-order valence-electron chi connectivity index (χ4n) is 4.66. The van der Waals surface area contributed by atoms with Crippen LogP contribution >= 0.6 is 0 Å². The van der Waals surface area contributed by atoms with Gasteiger partial charge in [0.15, 0.2) is 11.5 Å². The van der Waals surface area contributed by atoms with Gasteiger partial charge >= 0.3 is 0 Å². The lowest BCUT2D eigenvalue weighted by Gasteiger charge is -2.20. The monoisotopic (exact) mass is 440 g/mol. The first kappa shape index (κ1) is 21.1. The number of fused-ring (bicyclic) bond motifs is 2. The molecule has 2 heterocycles. The van der Waals surface area contributed by atoms with Crippen molar-refractivity contribution in [3.8, 4) is 11.5 Å². The van der Waals surface area contributed by atoms with Crippen LogP contribution in [0.15, 0.2) is 79.0 Å². The molecule has 0 spiro atoms. The Morgan fingerprint density at radius 3 is 2.55 bits per heavy atom. The molecule has 0 saturated heterocycles. The maximum absolute atomic E-state index is 13.3. The number of hydrogen-bond acceptors (Lipinski definition) is 3. The number of rotatable bonds is 7. The van der Waals surface area contributed by atoms with E-state index in [0.29, 0.717) is 6.42 Å². The lowest BCUT2D eigenvalue weighted by Crippen LogP contribution is -2.28. The number of benzene rings is 3. The summed E-state index contributed by atoms with van der Waals surface area (Å²) in [5.41, 5.74) is 4.46. The summed E-state index contributed by atoms with van der Waals surface area (Å²) in [6.45, 7) is 5.26. The predicted molar refractivity (Wildman–Crippen MR) is 130 cm³/mol. The van der Waals surface area contributed by atoms with Crippen molar-refractivity contribution < 1.29 is 14.3 Å². The lowest BCUT2D eigenvalue weighted by atomic mass is 9.87. The van der Waals surface area contributed by atoms with Gasteiger partial charge < -0.3 is 19.4 Å². The first-order valence-corrected chi connectivity index (χ1v) is 11.5. The van der Waals surface area contributed by atoms with Gasteiger partial charge in [-0.15, -0.1) is 0 Å². The summed E-state index contributed by atoms with van der Waals surface area (Å²) < 4.78 is 13.4. The lowest BCUT2D eigenvalue weighted by molar-refractivity contribution is -0.121. The van der Waals surface area contributed by atoms with Crippen molar-refractivity contribution >= 4 is 16.8 Å². The molecule has 5 nitrogen and oxygen atoms in total. The van der Waals surface area contributed by atoms with Crippen molar-refractivity contribution in [3.63, 3.8) is 0 Å². The van der Waals surface area contributed by atoms with Crippen molar-refractivity contribution in [2.24, 2.45) is 0 Å². The molecular weight excluding hydrogens is 412 g/mol. The molecule has 1 aliphatic heterocycles. The molecule has 1 amide bonds. The van der Waals surface area contributed by atoms with Gasteiger partial charge in [-0.05, 0) is 48.7 Å². The van der Waals surface area contributed by atoms with Crippen molar-refractivity contribution in [3.05, 3.63) is 95.7 Å². The summed E-state index contributed by atoms with van der Waals surface area (Å²) in [5, 5.41) is 4.36. The third-order valence-electron chi connectivity index (χ3n) is 6.40. The van der Waals surface area contributed by atoms with Gasteiger partial charge in [0, 0.05) is 36.0 Å². The van der Waals surface area contributed by atoms with Crippen LogP contribution in [0.4, 0.5) is 0 Å². The zero-order valence-electron chi connectivity index (χ0n) is 19.0. The summed E-state index contributed by atoms with van der Waals surface area (Å²) in [4.78, 5) is 13.3. The minimum Gasteiger partial charge on any atom is -0.454 e. The molecule has 3 aromatic carbocycles.